The van der Waals surface area contributed by atoms with E-state index in [1.54, 1.807) is 0 Å². The summed E-state index contributed by atoms with van der Waals surface area (Å²) in [7, 11) is -0.375. The summed E-state index contributed by atoms with van der Waals surface area (Å²) >= 11 is 0. The van der Waals surface area contributed by atoms with Gasteiger partial charge in [0.25, 0.3) is 0 Å². The fraction of sp³-hybridized carbons (Fsp3) is 0.741. The van der Waals surface area contributed by atoms with Crippen molar-refractivity contribution in [1.29, 1.82) is 0 Å². The van der Waals surface area contributed by atoms with E-state index in [0.29, 0.717) is 18.4 Å². The summed E-state index contributed by atoms with van der Waals surface area (Å²) in [5.41, 5.74) is 2.83. The molecule has 3 aliphatic heterocycles. The van der Waals surface area contributed by atoms with E-state index in [9.17, 15) is 4.79 Å². The fourth-order valence-electron chi connectivity index (χ4n) is 6.60. The lowest BCUT2D eigenvalue weighted by atomic mass is 9.71. The molecule has 4 aliphatic rings. The van der Waals surface area contributed by atoms with Crippen molar-refractivity contribution in [2.45, 2.75) is 103 Å². The largest absolute Gasteiger partial charge is 0.495 e. The number of nitrogens with one attached hydrogen (secondary N) is 1. The summed E-state index contributed by atoms with van der Waals surface area (Å²) < 4.78 is 12.8. The quantitative estimate of drug-likeness (QED) is 0.673. The Bertz CT molecular complexity index is 883. The molecule has 0 bridgehead atoms. The summed E-state index contributed by atoms with van der Waals surface area (Å²) in [6.45, 7) is 12.5. The highest BCUT2D eigenvalue weighted by atomic mass is 16.7. The summed E-state index contributed by atoms with van der Waals surface area (Å²) in [4.78, 5) is 15.8. The molecule has 1 aliphatic carbocycles. The number of likely N-dealkylation sites (tertiary alicyclic amines) is 1. The molecule has 0 spiro atoms. The van der Waals surface area contributed by atoms with E-state index in [1.807, 2.05) is 0 Å². The molecule has 0 radical (unpaired) electrons. The number of hydrogen-bond donors (Lipinski definition) is 1. The molecule has 3 heterocycles. The van der Waals surface area contributed by atoms with Gasteiger partial charge in [0, 0.05) is 37.2 Å². The number of benzene rings is 1. The van der Waals surface area contributed by atoms with Gasteiger partial charge in [-0.3, -0.25) is 4.79 Å². The lowest BCUT2D eigenvalue weighted by Gasteiger charge is -2.44. The van der Waals surface area contributed by atoms with E-state index in [-0.39, 0.29) is 30.2 Å². The third kappa shape index (κ3) is 4.12. The lowest BCUT2D eigenvalue weighted by molar-refractivity contribution is -0.138. The van der Waals surface area contributed by atoms with Crippen molar-refractivity contribution in [3.05, 3.63) is 23.8 Å². The molecule has 3 fully saturated rings. The Kier molecular flexibility index (Phi) is 6.06. The zero-order valence-corrected chi connectivity index (χ0v) is 21.2. The van der Waals surface area contributed by atoms with Gasteiger partial charge >= 0.3 is 7.12 Å². The van der Waals surface area contributed by atoms with Crippen LogP contribution in [0.2, 0.25) is 0 Å². The van der Waals surface area contributed by atoms with Crippen LogP contribution in [0.4, 0.5) is 5.69 Å². The van der Waals surface area contributed by atoms with Crippen molar-refractivity contribution in [3.8, 4) is 0 Å². The second-order valence-corrected chi connectivity index (χ2v) is 11.9. The van der Waals surface area contributed by atoms with Crippen molar-refractivity contribution in [1.82, 2.24) is 4.90 Å². The fourth-order valence-corrected chi connectivity index (χ4v) is 6.60. The Morgan fingerprint density at radius 2 is 1.82 bits per heavy atom. The molecule has 1 N–H and O–H groups in total. The molecule has 4 unspecified atom stereocenters. The molecule has 1 aromatic carbocycles. The zero-order chi connectivity index (χ0) is 23.4. The van der Waals surface area contributed by atoms with Gasteiger partial charge in [-0.2, -0.15) is 0 Å². The van der Waals surface area contributed by atoms with Crippen LogP contribution in [0, 0.1) is 11.8 Å². The van der Waals surface area contributed by atoms with Crippen LogP contribution in [0.25, 0.3) is 0 Å². The summed E-state index contributed by atoms with van der Waals surface area (Å²) in [6.07, 6.45) is 8.21. The Balaban J connectivity index is 1.34. The molecule has 2 saturated heterocycles. The minimum absolute atomic E-state index is 0.263. The second kappa shape index (κ2) is 8.60. The predicted octanol–water partition coefficient (Wildman–Crippen LogP) is 4.70. The number of carbonyl (C=O) groups excluding carboxylic acids is 1. The van der Waals surface area contributed by atoms with Gasteiger partial charge in [0.2, 0.25) is 5.91 Å². The molecular formula is C27H41BN2O3. The van der Waals surface area contributed by atoms with Gasteiger partial charge in [-0.15, -0.1) is 0 Å². The molecule has 1 amide bonds. The van der Waals surface area contributed by atoms with Gasteiger partial charge in [-0.25, -0.2) is 0 Å². The Morgan fingerprint density at radius 1 is 1.12 bits per heavy atom. The van der Waals surface area contributed by atoms with E-state index >= 15 is 0 Å². The van der Waals surface area contributed by atoms with Gasteiger partial charge in [0.05, 0.1) is 11.2 Å². The number of piperidine rings is 1. The molecule has 5 nitrogen and oxygen atoms in total. The molecule has 1 aromatic rings. The van der Waals surface area contributed by atoms with Crippen LogP contribution in [-0.4, -0.2) is 48.3 Å². The first-order valence-corrected chi connectivity index (χ1v) is 13.2. The first-order chi connectivity index (χ1) is 15.7. The number of fused-ring (bicyclic) bond motifs is 2. The first-order valence-electron chi connectivity index (χ1n) is 13.2. The number of rotatable bonds is 4. The highest BCUT2D eigenvalue weighted by Crippen LogP contribution is 2.42. The van der Waals surface area contributed by atoms with E-state index in [1.165, 1.54) is 44.1 Å². The molecule has 0 aromatic heterocycles. The minimum atomic E-state index is -0.375. The second-order valence-electron chi connectivity index (χ2n) is 11.9. The van der Waals surface area contributed by atoms with Gasteiger partial charge in [-0.05, 0) is 82.3 Å². The number of carbonyl (C=O) groups is 1. The van der Waals surface area contributed by atoms with Crippen LogP contribution in [0.5, 0.6) is 0 Å². The molecule has 6 heteroatoms. The standard InChI is InChI=1S/C27H41BN2O3/c1-18(16-24(31)30-15-9-11-19-10-6-7-14-23(19)30)20-17-29-22-13-8-12-21(25(20)22)28-32-26(2,3)27(4,5)33-28/h8,12-13,18-20,23,29H,6-7,9-11,14-17H2,1-5H3. The Morgan fingerprint density at radius 3 is 2.58 bits per heavy atom. The van der Waals surface area contributed by atoms with Crippen LogP contribution in [0.3, 0.4) is 0 Å². The zero-order valence-electron chi connectivity index (χ0n) is 21.2. The van der Waals surface area contributed by atoms with Crippen LogP contribution in [-0.2, 0) is 14.1 Å². The lowest BCUT2D eigenvalue weighted by Crippen LogP contribution is -2.50. The molecule has 5 rings (SSSR count). The van der Waals surface area contributed by atoms with Crippen molar-refractivity contribution in [2.75, 3.05) is 18.4 Å². The monoisotopic (exact) mass is 452 g/mol. The summed E-state index contributed by atoms with van der Waals surface area (Å²) in [6, 6.07) is 6.87. The van der Waals surface area contributed by atoms with Gasteiger partial charge in [0.1, 0.15) is 0 Å². The number of nitrogens with zero attached hydrogens (tertiary/aromatic N) is 1. The maximum Gasteiger partial charge on any atom is 0.495 e. The average Bonchev–Trinajstić information content (AvgIpc) is 3.31. The van der Waals surface area contributed by atoms with Crippen LogP contribution in [0.1, 0.15) is 91.0 Å². The summed E-state index contributed by atoms with van der Waals surface area (Å²) in [5.74, 6) is 1.64. The predicted molar refractivity (Wildman–Crippen MR) is 134 cm³/mol. The smallest absolute Gasteiger partial charge is 0.399 e. The number of anilines is 1. The van der Waals surface area contributed by atoms with Crippen LogP contribution >= 0.6 is 0 Å². The number of amides is 1. The molecule has 4 atom stereocenters. The van der Waals surface area contributed by atoms with Gasteiger partial charge in [0.15, 0.2) is 0 Å². The molecular weight excluding hydrogens is 411 g/mol. The van der Waals surface area contributed by atoms with Crippen molar-refractivity contribution in [2.24, 2.45) is 11.8 Å². The maximum absolute atomic E-state index is 13.5. The van der Waals surface area contributed by atoms with Gasteiger partial charge < -0.3 is 19.5 Å². The van der Waals surface area contributed by atoms with E-state index < -0.39 is 0 Å². The molecule has 33 heavy (non-hydrogen) atoms. The molecule has 1 saturated carbocycles. The maximum atomic E-state index is 13.5. The highest BCUT2D eigenvalue weighted by molar-refractivity contribution is 6.63. The van der Waals surface area contributed by atoms with Crippen molar-refractivity contribution in [3.63, 3.8) is 0 Å². The average molecular weight is 452 g/mol. The van der Waals surface area contributed by atoms with Crippen molar-refractivity contribution >= 4 is 24.2 Å². The number of hydrogen-bond acceptors (Lipinski definition) is 4. The van der Waals surface area contributed by atoms with Gasteiger partial charge in [-0.1, -0.05) is 31.9 Å². The highest BCUT2D eigenvalue weighted by Gasteiger charge is 2.53. The van der Waals surface area contributed by atoms with Crippen LogP contribution < -0.4 is 10.8 Å². The SMILES string of the molecule is CC(CC(=O)N1CCCC2CCCCC21)C1CNc2cccc(B3OC(C)(C)C(C)(C)O3)c21. The topological polar surface area (TPSA) is 50.8 Å². The third-order valence-electron chi connectivity index (χ3n) is 9.28. The van der Waals surface area contributed by atoms with E-state index in [2.05, 4.69) is 63.0 Å². The molecule has 180 valence electrons. The normalized spacial score (nSPS) is 31.0. The summed E-state index contributed by atoms with van der Waals surface area (Å²) in [5, 5.41) is 3.60. The first kappa shape index (κ1) is 23.2. The Labute approximate surface area is 200 Å². The van der Waals surface area contributed by atoms with E-state index in [4.69, 9.17) is 9.31 Å². The Hall–Kier alpha value is -1.53. The van der Waals surface area contributed by atoms with E-state index in [0.717, 1.165) is 30.2 Å². The van der Waals surface area contributed by atoms with Crippen molar-refractivity contribution < 1.29 is 14.1 Å². The van der Waals surface area contributed by atoms with Crippen LogP contribution in [0.15, 0.2) is 18.2 Å². The minimum Gasteiger partial charge on any atom is -0.399 e. The third-order valence-corrected chi connectivity index (χ3v) is 9.28.